The summed E-state index contributed by atoms with van der Waals surface area (Å²) in [6.07, 6.45) is 4.18. The largest absolute Gasteiger partial charge is 0.378 e. The second-order valence-electron chi connectivity index (χ2n) is 4.84. The Morgan fingerprint density at radius 1 is 1.00 bits per heavy atom. The number of rotatable bonds is 3. The number of thiazole rings is 1. The fourth-order valence-electron chi connectivity index (χ4n) is 2.01. The third kappa shape index (κ3) is 2.73. The molecular formula is C17H16N2S. The molecule has 0 saturated heterocycles. The highest BCUT2D eigenvalue weighted by Gasteiger charge is 2.03. The molecule has 0 atom stereocenters. The summed E-state index contributed by atoms with van der Waals surface area (Å²) in [4.78, 5) is 6.75. The smallest absolute Gasteiger partial charge is 0.117 e. The van der Waals surface area contributed by atoms with Gasteiger partial charge in [0.1, 0.15) is 5.01 Å². The Morgan fingerprint density at radius 3 is 2.55 bits per heavy atom. The summed E-state index contributed by atoms with van der Waals surface area (Å²) in [5.41, 5.74) is 3.47. The molecule has 0 saturated carbocycles. The summed E-state index contributed by atoms with van der Waals surface area (Å²) in [6, 6.07) is 16.7. The third-order valence-electron chi connectivity index (χ3n) is 3.12. The molecule has 2 nitrogen and oxygen atoms in total. The van der Waals surface area contributed by atoms with Crippen molar-refractivity contribution in [1.29, 1.82) is 0 Å². The second kappa shape index (κ2) is 5.47. The quantitative estimate of drug-likeness (QED) is 0.700. The van der Waals surface area contributed by atoms with Crippen LogP contribution in [0, 0.1) is 0 Å². The molecule has 0 spiro atoms. The Balaban J connectivity index is 1.91. The molecule has 2 aromatic carbocycles. The highest BCUT2D eigenvalue weighted by atomic mass is 32.1. The van der Waals surface area contributed by atoms with Gasteiger partial charge >= 0.3 is 0 Å². The Hall–Kier alpha value is -2.13. The van der Waals surface area contributed by atoms with Crippen LogP contribution in [0.4, 0.5) is 5.69 Å². The van der Waals surface area contributed by atoms with Gasteiger partial charge in [-0.05, 0) is 29.8 Å². The minimum atomic E-state index is 1.04. The lowest BCUT2D eigenvalue weighted by Gasteiger charge is -2.11. The van der Waals surface area contributed by atoms with Gasteiger partial charge in [0.2, 0.25) is 0 Å². The zero-order valence-electron chi connectivity index (χ0n) is 11.6. The topological polar surface area (TPSA) is 16.1 Å². The van der Waals surface area contributed by atoms with E-state index in [2.05, 4.69) is 66.5 Å². The Labute approximate surface area is 123 Å². The van der Waals surface area contributed by atoms with E-state index in [-0.39, 0.29) is 0 Å². The number of nitrogens with zero attached hydrogens (tertiary/aromatic N) is 2. The lowest BCUT2D eigenvalue weighted by molar-refractivity contribution is 1.14. The summed E-state index contributed by atoms with van der Waals surface area (Å²) in [5, 5.41) is 1.04. The van der Waals surface area contributed by atoms with Crippen LogP contribution >= 0.6 is 11.3 Å². The zero-order chi connectivity index (χ0) is 13.9. The molecule has 100 valence electrons. The molecule has 1 heterocycles. The molecule has 1 aromatic heterocycles. The van der Waals surface area contributed by atoms with Crippen LogP contribution in [0.3, 0.4) is 0 Å². The number of fused-ring (bicyclic) bond motifs is 1. The Kier molecular flexibility index (Phi) is 3.52. The van der Waals surface area contributed by atoms with E-state index in [0.29, 0.717) is 0 Å². The maximum absolute atomic E-state index is 4.64. The average molecular weight is 280 g/mol. The van der Waals surface area contributed by atoms with E-state index >= 15 is 0 Å². The van der Waals surface area contributed by atoms with Gasteiger partial charge in [-0.3, -0.25) is 0 Å². The van der Waals surface area contributed by atoms with E-state index in [9.17, 15) is 0 Å². The number of hydrogen-bond donors (Lipinski definition) is 0. The molecule has 3 rings (SSSR count). The first-order chi connectivity index (χ1) is 9.72. The van der Waals surface area contributed by atoms with Crippen molar-refractivity contribution < 1.29 is 0 Å². The summed E-state index contributed by atoms with van der Waals surface area (Å²) in [6.45, 7) is 0. The lowest BCUT2D eigenvalue weighted by atomic mass is 10.2. The monoisotopic (exact) mass is 280 g/mol. The molecule has 0 aliphatic heterocycles. The van der Waals surface area contributed by atoms with E-state index in [1.54, 1.807) is 11.3 Å². The van der Waals surface area contributed by atoms with Crippen LogP contribution in [0.5, 0.6) is 0 Å². The molecule has 0 amide bonds. The SMILES string of the molecule is CN(C)c1ccc2nc(/C=C/c3ccccc3)sc2c1. The molecule has 0 aliphatic carbocycles. The van der Waals surface area contributed by atoms with Crippen molar-refractivity contribution in [1.82, 2.24) is 4.98 Å². The molecule has 0 bridgehead atoms. The van der Waals surface area contributed by atoms with Crippen LogP contribution in [0.1, 0.15) is 10.6 Å². The van der Waals surface area contributed by atoms with Crippen LogP contribution in [-0.4, -0.2) is 19.1 Å². The minimum absolute atomic E-state index is 1.04. The Morgan fingerprint density at radius 2 is 1.80 bits per heavy atom. The first kappa shape index (κ1) is 12.9. The molecule has 3 heteroatoms. The van der Waals surface area contributed by atoms with E-state index < -0.39 is 0 Å². The molecular weight excluding hydrogens is 264 g/mol. The predicted octanol–water partition coefficient (Wildman–Crippen LogP) is 4.53. The summed E-state index contributed by atoms with van der Waals surface area (Å²) in [5.74, 6) is 0. The minimum Gasteiger partial charge on any atom is -0.378 e. The molecule has 0 radical (unpaired) electrons. The van der Waals surface area contributed by atoms with Crippen molar-refractivity contribution in [3.8, 4) is 0 Å². The van der Waals surface area contributed by atoms with Crippen molar-refractivity contribution in [2.24, 2.45) is 0 Å². The lowest BCUT2D eigenvalue weighted by Crippen LogP contribution is -2.07. The van der Waals surface area contributed by atoms with Gasteiger partial charge in [-0.15, -0.1) is 11.3 Å². The molecule has 3 aromatic rings. The third-order valence-corrected chi connectivity index (χ3v) is 4.11. The summed E-state index contributed by atoms with van der Waals surface area (Å²) in [7, 11) is 4.11. The number of anilines is 1. The molecule has 0 aliphatic rings. The van der Waals surface area contributed by atoms with Gasteiger partial charge in [0.05, 0.1) is 10.2 Å². The van der Waals surface area contributed by atoms with Crippen molar-refractivity contribution in [3.05, 3.63) is 59.1 Å². The molecule has 20 heavy (non-hydrogen) atoms. The summed E-state index contributed by atoms with van der Waals surface area (Å²) < 4.78 is 1.23. The van der Waals surface area contributed by atoms with E-state index in [4.69, 9.17) is 0 Å². The van der Waals surface area contributed by atoms with E-state index in [1.807, 2.05) is 18.2 Å². The maximum Gasteiger partial charge on any atom is 0.117 e. The number of aromatic nitrogens is 1. The van der Waals surface area contributed by atoms with Crippen LogP contribution < -0.4 is 4.90 Å². The van der Waals surface area contributed by atoms with Crippen LogP contribution in [-0.2, 0) is 0 Å². The first-order valence-corrected chi connectivity index (χ1v) is 7.35. The molecule has 0 unspecified atom stereocenters. The van der Waals surface area contributed by atoms with Gasteiger partial charge in [0.25, 0.3) is 0 Å². The van der Waals surface area contributed by atoms with Gasteiger partial charge in [0, 0.05) is 19.8 Å². The maximum atomic E-state index is 4.64. The van der Waals surface area contributed by atoms with Crippen molar-refractivity contribution in [2.75, 3.05) is 19.0 Å². The Bertz CT molecular complexity index is 742. The van der Waals surface area contributed by atoms with Crippen molar-refractivity contribution in [2.45, 2.75) is 0 Å². The fraction of sp³-hybridized carbons (Fsp3) is 0.118. The van der Waals surface area contributed by atoms with Crippen LogP contribution in [0.25, 0.3) is 22.4 Å². The highest BCUT2D eigenvalue weighted by Crippen LogP contribution is 2.27. The molecule has 0 N–H and O–H groups in total. The normalized spacial score (nSPS) is 11.3. The van der Waals surface area contributed by atoms with Crippen LogP contribution in [0.15, 0.2) is 48.5 Å². The predicted molar refractivity (Wildman–Crippen MR) is 89.3 cm³/mol. The number of hydrogen-bond acceptors (Lipinski definition) is 3. The zero-order valence-corrected chi connectivity index (χ0v) is 12.4. The first-order valence-electron chi connectivity index (χ1n) is 6.53. The van der Waals surface area contributed by atoms with Gasteiger partial charge in [-0.1, -0.05) is 36.4 Å². The van der Waals surface area contributed by atoms with Crippen molar-refractivity contribution in [3.63, 3.8) is 0 Å². The van der Waals surface area contributed by atoms with Crippen LogP contribution in [0.2, 0.25) is 0 Å². The standard InChI is InChI=1S/C17H16N2S/c1-19(2)14-9-10-15-16(12-14)20-17(18-15)11-8-13-6-4-3-5-7-13/h3-12H,1-2H3/b11-8+. The van der Waals surface area contributed by atoms with Gasteiger partial charge < -0.3 is 4.90 Å². The van der Waals surface area contributed by atoms with Gasteiger partial charge in [0.15, 0.2) is 0 Å². The van der Waals surface area contributed by atoms with E-state index in [1.165, 1.54) is 16.0 Å². The fourth-order valence-corrected chi connectivity index (χ4v) is 2.92. The van der Waals surface area contributed by atoms with Crippen molar-refractivity contribution >= 4 is 39.4 Å². The van der Waals surface area contributed by atoms with E-state index in [0.717, 1.165) is 10.5 Å². The second-order valence-corrected chi connectivity index (χ2v) is 5.90. The average Bonchev–Trinajstić information content (AvgIpc) is 2.88. The highest BCUT2D eigenvalue weighted by molar-refractivity contribution is 7.19. The number of benzene rings is 2. The molecule has 0 fully saturated rings. The van der Waals surface area contributed by atoms with Gasteiger partial charge in [-0.2, -0.15) is 0 Å². The summed E-state index contributed by atoms with van der Waals surface area (Å²) >= 11 is 1.72. The van der Waals surface area contributed by atoms with Gasteiger partial charge in [-0.25, -0.2) is 4.98 Å².